The summed E-state index contributed by atoms with van der Waals surface area (Å²) in [7, 11) is 0. The highest BCUT2D eigenvalue weighted by Crippen LogP contribution is 2.26. The van der Waals surface area contributed by atoms with E-state index in [0.29, 0.717) is 6.04 Å². The molecule has 2 unspecified atom stereocenters. The first-order chi connectivity index (χ1) is 6.84. The molecule has 0 saturated heterocycles. The van der Waals surface area contributed by atoms with Crippen LogP contribution in [0.4, 0.5) is 0 Å². The third-order valence-electron chi connectivity index (χ3n) is 2.79. The van der Waals surface area contributed by atoms with Gasteiger partial charge in [0.25, 0.3) is 0 Å². The molecule has 0 amide bonds. The van der Waals surface area contributed by atoms with Crippen molar-refractivity contribution in [3.8, 4) is 0 Å². The van der Waals surface area contributed by atoms with Crippen molar-refractivity contribution in [1.29, 1.82) is 0 Å². The first kappa shape index (κ1) is 14.9. The van der Waals surface area contributed by atoms with E-state index in [1.165, 1.54) is 0 Å². The lowest BCUT2D eigenvalue weighted by molar-refractivity contribution is 0.0801. The van der Waals surface area contributed by atoms with Crippen LogP contribution in [0.25, 0.3) is 0 Å². The van der Waals surface area contributed by atoms with Gasteiger partial charge in [-0.2, -0.15) is 0 Å². The van der Waals surface area contributed by atoms with E-state index in [0.717, 1.165) is 19.5 Å². The van der Waals surface area contributed by atoms with E-state index < -0.39 is 0 Å². The smallest absolute Gasteiger partial charge is 0.0443 e. The molecule has 0 aromatic rings. The lowest BCUT2D eigenvalue weighted by Crippen LogP contribution is -2.53. The van der Waals surface area contributed by atoms with Gasteiger partial charge in [0.2, 0.25) is 0 Å². The number of likely N-dealkylation sites (N-methyl/N-ethyl adjacent to an activating group) is 1. The molecule has 0 aliphatic heterocycles. The molecule has 0 radical (unpaired) electrons. The maximum atomic E-state index is 8.88. The monoisotopic (exact) mass is 216 g/mol. The molecule has 0 spiro atoms. The number of nitrogens with zero attached hydrogens (tertiary/aromatic N) is 1. The maximum Gasteiger partial charge on any atom is 0.0443 e. The molecule has 3 nitrogen and oxygen atoms in total. The maximum absolute atomic E-state index is 8.88. The van der Waals surface area contributed by atoms with Crippen molar-refractivity contribution in [2.45, 2.75) is 53.1 Å². The molecule has 0 aromatic carbocycles. The minimum atomic E-state index is 0.156. The van der Waals surface area contributed by atoms with E-state index in [-0.39, 0.29) is 18.1 Å². The van der Waals surface area contributed by atoms with Gasteiger partial charge in [-0.25, -0.2) is 0 Å². The highest BCUT2D eigenvalue weighted by Gasteiger charge is 2.32. The van der Waals surface area contributed by atoms with Crippen LogP contribution in [-0.4, -0.2) is 41.8 Å². The Bertz CT molecular complexity index is 163. The lowest BCUT2D eigenvalue weighted by Gasteiger charge is -2.42. The molecule has 0 saturated carbocycles. The van der Waals surface area contributed by atoms with Crippen molar-refractivity contribution in [2.75, 3.05) is 19.7 Å². The summed E-state index contributed by atoms with van der Waals surface area (Å²) in [5, 5.41) is 8.88. The number of aliphatic hydroxyl groups excluding tert-OH is 1. The van der Waals surface area contributed by atoms with Gasteiger partial charge in [0.1, 0.15) is 0 Å². The van der Waals surface area contributed by atoms with Crippen molar-refractivity contribution < 1.29 is 5.11 Å². The first-order valence-electron chi connectivity index (χ1n) is 5.95. The molecule has 3 N–H and O–H groups in total. The van der Waals surface area contributed by atoms with Crippen LogP contribution in [-0.2, 0) is 0 Å². The largest absolute Gasteiger partial charge is 0.396 e. The van der Waals surface area contributed by atoms with E-state index in [4.69, 9.17) is 10.8 Å². The lowest BCUT2D eigenvalue weighted by atomic mass is 9.81. The second-order valence-electron chi connectivity index (χ2n) is 5.38. The topological polar surface area (TPSA) is 49.5 Å². The third-order valence-corrected chi connectivity index (χ3v) is 2.79. The van der Waals surface area contributed by atoms with Gasteiger partial charge in [0.15, 0.2) is 0 Å². The predicted octanol–water partition coefficient (Wildman–Crippen LogP) is 1.45. The minimum absolute atomic E-state index is 0.156. The van der Waals surface area contributed by atoms with Gasteiger partial charge in [-0.05, 0) is 25.3 Å². The van der Waals surface area contributed by atoms with E-state index in [1.807, 2.05) is 0 Å². The SMILES string of the molecule is CCN(CCCO)C(C(C)N)C(C)(C)C. The summed E-state index contributed by atoms with van der Waals surface area (Å²) in [6.45, 7) is 13.1. The summed E-state index contributed by atoms with van der Waals surface area (Å²) in [6, 6.07) is 0.526. The third kappa shape index (κ3) is 4.96. The summed E-state index contributed by atoms with van der Waals surface area (Å²) in [4.78, 5) is 2.38. The second-order valence-corrected chi connectivity index (χ2v) is 5.38. The summed E-state index contributed by atoms with van der Waals surface area (Å²) in [5.41, 5.74) is 6.25. The minimum Gasteiger partial charge on any atom is -0.396 e. The molecule has 0 aromatic heterocycles. The van der Waals surface area contributed by atoms with Crippen LogP contribution in [0.2, 0.25) is 0 Å². The number of aliphatic hydroxyl groups is 1. The Labute approximate surface area is 94.6 Å². The summed E-state index contributed by atoms with van der Waals surface area (Å²) in [5.74, 6) is 0. The van der Waals surface area contributed by atoms with E-state index >= 15 is 0 Å². The average molecular weight is 216 g/mol. The second kappa shape index (κ2) is 6.46. The average Bonchev–Trinajstić information content (AvgIpc) is 2.08. The number of hydrogen-bond acceptors (Lipinski definition) is 3. The van der Waals surface area contributed by atoms with Crippen LogP contribution in [0.15, 0.2) is 0 Å². The molecule has 92 valence electrons. The molecule has 0 fully saturated rings. The fraction of sp³-hybridized carbons (Fsp3) is 1.00. The zero-order valence-corrected chi connectivity index (χ0v) is 11.0. The molecule has 2 atom stereocenters. The predicted molar refractivity (Wildman–Crippen MR) is 65.8 cm³/mol. The van der Waals surface area contributed by atoms with Gasteiger partial charge in [-0.1, -0.05) is 27.7 Å². The Morgan fingerprint density at radius 3 is 2.13 bits per heavy atom. The molecule has 15 heavy (non-hydrogen) atoms. The summed E-state index contributed by atoms with van der Waals surface area (Å²) < 4.78 is 0. The molecule has 0 aliphatic rings. The fourth-order valence-electron chi connectivity index (χ4n) is 2.44. The van der Waals surface area contributed by atoms with Crippen molar-refractivity contribution >= 4 is 0 Å². The van der Waals surface area contributed by atoms with Gasteiger partial charge in [-0.3, -0.25) is 4.90 Å². The van der Waals surface area contributed by atoms with Gasteiger partial charge >= 0.3 is 0 Å². The molecule has 0 bridgehead atoms. The number of hydrogen-bond donors (Lipinski definition) is 2. The summed E-state index contributed by atoms with van der Waals surface area (Å²) in [6.07, 6.45) is 0.827. The van der Waals surface area contributed by atoms with E-state index in [1.54, 1.807) is 0 Å². The Morgan fingerprint density at radius 2 is 1.87 bits per heavy atom. The van der Waals surface area contributed by atoms with Crippen molar-refractivity contribution in [3.63, 3.8) is 0 Å². The van der Waals surface area contributed by atoms with Crippen molar-refractivity contribution in [3.05, 3.63) is 0 Å². The normalized spacial score (nSPS) is 16.8. The van der Waals surface area contributed by atoms with E-state index in [2.05, 4.69) is 39.5 Å². The Kier molecular flexibility index (Phi) is 6.41. The highest BCUT2D eigenvalue weighted by atomic mass is 16.3. The standard InChI is InChI=1S/C12H28N2O/c1-6-14(8-7-9-15)11(10(2)13)12(3,4)5/h10-11,15H,6-9,13H2,1-5H3. The van der Waals surface area contributed by atoms with Gasteiger partial charge in [0, 0.05) is 25.2 Å². The quantitative estimate of drug-likeness (QED) is 0.706. The summed E-state index contributed by atoms with van der Waals surface area (Å²) >= 11 is 0. The van der Waals surface area contributed by atoms with Crippen LogP contribution >= 0.6 is 0 Å². The molecule has 0 heterocycles. The first-order valence-corrected chi connectivity index (χ1v) is 5.95. The molecular formula is C12H28N2O. The van der Waals surface area contributed by atoms with Crippen LogP contribution in [0, 0.1) is 5.41 Å². The zero-order chi connectivity index (χ0) is 12.1. The molecule has 0 aliphatic carbocycles. The molecule has 0 rings (SSSR count). The molecular weight excluding hydrogens is 188 g/mol. The van der Waals surface area contributed by atoms with Gasteiger partial charge in [0.05, 0.1) is 0 Å². The van der Waals surface area contributed by atoms with Crippen LogP contribution in [0.1, 0.15) is 41.0 Å². The molecule has 3 heteroatoms. The van der Waals surface area contributed by atoms with Crippen LogP contribution in [0.5, 0.6) is 0 Å². The van der Waals surface area contributed by atoms with Crippen molar-refractivity contribution in [1.82, 2.24) is 4.90 Å². The highest BCUT2D eigenvalue weighted by molar-refractivity contribution is 4.88. The number of rotatable bonds is 6. The zero-order valence-electron chi connectivity index (χ0n) is 11.0. The van der Waals surface area contributed by atoms with Crippen molar-refractivity contribution in [2.24, 2.45) is 11.1 Å². The van der Waals surface area contributed by atoms with Crippen LogP contribution < -0.4 is 5.73 Å². The van der Waals surface area contributed by atoms with Gasteiger partial charge < -0.3 is 10.8 Å². The Morgan fingerprint density at radius 1 is 1.33 bits per heavy atom. The Balaban J connectivity index is 4.56. The van der Waals surface area contributed by atoms with E-state index in [9.17, 15) is 0 Å². The van der Waals surface area contributed by atoms with Gasteiger partial charge in [-0.15, -0.1) is 0 Å². The number of nitrogens with two attached hydrogens (primary N) is 1. The van der Waals surface area contributed by atoms with Crippen LogP contribution in [0.3, 0.4) is 0 Å². The fourth-order valence-corrected chi connectivity index (χ4v) is 2.44. The Hall–Kier alpha value is -0.120.